The second kappa shape index (κ2) is 4.78. The number of nitrogens with one attached hydrogen (secondary N) is 1. The third-order valence-electron chi connectivity index (χ3n) is 2.69. The van der Waals surface area contributed by atoms with Gasteiger partial charge in [-0.25, -0.2) is 0 Å². The van der Waals surface area contributed by atoms with Gasteiger partial charge in [-0.1, -0.05) is 0 Å². The third-order valence-corrected chi connectivity index (χ3v) is 4.07. The van der Waals surface area contributed by atoms with Gasteiger partial charge >= 0.3 is 0 Å². The van der Waals surface area contributed by atoms with Crippen LogP contribution in [-0.4, -0.2) is 22.0 Å². The number of aryl methyl sites for hydroxylation is 1. The monoisotopic (exact) mass is 237 g/mol. The molecule has 1 aliphatic rings. The van der Waals surface area contributed by atoms with Crippen LogP contribution in [0.5, 0.6) is 5.75 Å². The van der Waals surface area contributed by atoms with E-state index in [4.69, 9.17) is 0 Å². The normalized spacial score (nSPS) is 19.7. The van der Waals surface area contributed by atoms with E-state index in [2.05, 4.69) is 5.32 Å². The number of anilines is 1. The molecule has 1 aliphatic heterocycles. The maximum atomic E-state index is 11.9. The lowest BCUT2D eigenvalue weighted by Gasteiger charge is -2.12. The zero-order chi connectivity index (χ0) is 11.5. The summed E-state index contributed by atoms with van der Waals surface area (Å²) in [7, 11) is 0. The molecule has 4 heteroatoms. The molecule has 2 rings (SSSR count). The fourth-order valence-corrected chi connectivity index (χ4v) is 2.95. The number of benzene rings is 1. The molecular weight excluding hydrogens is 222 g/mol. The molecule has 1 fully saturated rings. The van der Waals surface area contributed by atoms with Crippen LogP contribution in [0.15, 0.2) is 18.2 Å². The fraction of sp³-hybridized carbons (Fsp3) is 0.417. The maximum absolute atomic E-state index is 11.9. The topological polar surface area (TPSA) is 49.3 Å². The van der Waals surface area contributed by atoms with Gasteiger partial charge in [0.1, 0.15) is 5.75 Å². The molecule has 1 heterocycles. The highest BCUT2D eigenvalue weighted by molar-refractivity contribution is 8.00. The van der Waals surface area contributed by atoms with Crippen LogP contribution in [0.1, 0.15) is 18.4 Å². The molecule has 0 aliphatic carbocycles. The molecule has 3 nitrogen and oxygen atoms in total. The van der Waals surface area contributed by atoms with Gasteiger partial charge in [0.05, 0.1) is 5.25 Å². The van der Waals surface area contributed by atoms with Crippen molar-refractivity contribution in [2.75, 3.05) is 11.1 Å². The van der Waals surface area contributed by atoms with E-state index in [1.807, 2.05) is 6.92 Å². The molecule has 86 valence electrons. The Bertz CT molecular complexity index is 400. The van der Waals surface area contributed by atoms with Crippen LogP contribution in [0.25, 0.3) is 0 Å². The minimum absolute atomic E-state index is 0.0799. The molecule has 2 N–H and O–H groups in total. The minimum Gasteiger partial charge on any atom is -0.508 e. The molecule has 0 saturated carbocycles. The lowest BCUT2D eigenvalue weighted by atomic mass is 10.1. The molecule has 1 atom stereocenters. The van der Waals surface area contributed by atoms with Crippen LogP contribution in [0, 0.1) is 6.92 Å². The van der Waals surface area contributed by atoms with Gasteiger partial charge in [-0.15, -0.1) is 11.8 Å². The summed E-state index contributed by atoms with van der Waals surface area (Å²) in [6.07, 6.45) is 2.09. The number of hydrogen-bond acceptors (Lipinski definition) is 3. The highest BCUT2D eigenvalue weighted by Gasteiger charge is 2.23. The Kier molecular flexibility index (Phi) is 3.39. The zero-order valence-electron chi connectivity index (χ0n) is 9.19. The summed E-state index contributed by atoms with van der Waals surface area (Å²) in [6, 6.07) is 4.98. The lowest BCUT2D eigenvalue weighted by molar-refractivity contribution is -0.115. The summed E-state index contributed by atoms with van der Waals surface area (Å²) in [5.41, 5.74) is 1.67. The second-order valence-corrected chi connectivity index (χ2v) is 5.30. The molecule has 1 amide bonds. The van der Waals surface area contributed by atoms with E-state index in [1.54, 1.807) is 30.0 Å². The molecule has 0 bridgehead atoms. The van der Waals surface area contributed by atoms with E-state index in [1.165, 1.54) is 0 Å². The largest absolute Gasteiger partial charge is 0.508 e. The number of phenolic OH excluding ortho intramolecular Hbond substituents is 1. The molecule has 1 aromatic carbocycles. The fourth-order valence-electron chi connectivity index (χ4n) is 1.79. The summed E-state index contributed by atoms with van der Waals surface area (Å²) in [6.45, 7) is 1.87. The van der Waals surface area contributed by atoms with Gasteiger partial charge in [0.25, 0.3) is 0 Å². The van der Waals surface area contributed by atoms with E-state index < -0.39 is 0 Å². The van der Waals surface area contributed by atoms with E-state index in [-0.39, 0.29) is 16.9 Å². The molecular formula is C12H15NO2S. The number of carbonyl (C=O) groups is 1. The van der Waals surface area contributed by atoms with Gasteiger partial charge in [0.15, 0.2) is 0 Å². The quantitative estimate of drug-likeness (QED) is 0.777. The van der Waals surface area contributed by atoms with Crippen molar-refractivity contribution < 1.29 is 9.90 Å². The lowest BCUT2D eigenvalue weighted by Crippen LogP contribution is -2.23. The van der Waals surface area contributed by atoms with E-state index >= 15 is 0 Å². The number of amides is 1. The Labute approximate surface area is 99.2 Å². The van der Waals surface area contributed by atoms with Gasteiger partial charge in [-0.05, 0) is 49.3 Å². The SMILES string of the molecule is Cc1cc(O)ccc1NC(=O)C1CCCS1. The Balaban J connectivity index is 2.05. The summed E-state index contributed by atoms with van der Waals surface area (Å²) in [4.78, 5) is 11.9. The Morgan fingerprint density at radius 1 is 1.56 bits per heavy atom. The summed E-state index contributed by atoms with van der Waals surface area (Å²) in [5.74, 6) is 1.38. The van der Waals surface area contributed by atoms with Crippen LogP contribution in [0.3, 0.4) is 0 Å². The summed E-state index contributed by atoms with van der Waals surface area (Å²) < 4.78 is 0. The first-order chi connectivity index (χ1) is 7.66. The Hall–Kier alpha value is -1.16. The first-order valence-electron chi connectivity index (χ1n) is 5.39. The first kappa shape index (κ1) is 11.3. The molecule has 1 aromatic rings. The number of hydrogen-bond donors (Lipinski definition) is 2. The van der Waals surface area contributed by atoms with Crippen molar-refractivity contribution in [1.29, 1.82) is 0 Å². The van der Waals surface area contributed by atoms with Gasteiger partial charge in [0, 0.05) is 5.69 Å². The summed E-state index contributed by atoms with van der Waals surface area (Å²) >= 11 is 1.72. The second-order valence-electron chi connectivity index (χ2n) is 3.99. The number of rotatable bonds is 2. The van der Waals surface area contributed by atoms with Crippen molar-refractivity contribution in [2.24, 2.45) is 0 Å². The van der Waals surface area contributed by atoms with Crippen LogP contribution in [0.4, 0.5) is 5.69 Å². The van der Waals surface area contributed by atoms with E-state index in [0.717, 1.165) is 29.8 Å². The van der Waals surface area contributed by atoms with Crippen LogP contribution >= 0.6 is 11.8 Å². The summed E-state index contributed by atoms with van der Waals surface area (Å²) in [5, 5.41) is 12.3. The number of thioether (sulfide) groups is 1. The van der Waals surface area contributed by atoms with E-state index in [9.17, 15) is 9.90 Å². The smallest absolute Gasteiger partial charge is 0.237 e. The molecule has 1 saturated heterocycles. The van der Waals surface area contributed by atoms with Gasteiger partial charge in [0.2, 0.25) is 5.91 Å². The molecule has 16 heavy (non-hydrogen) atoms. The van der Waals surface area contributed by atoms with Gasteiger partial charge < -0.3 is 10.4 Å². The first-order valence-corrected chi connectivity index (χ1v) is 6.44. The molecule has 0 spiro atoms. The Morgan fingerprint density at radius 2 is 2.38 bits per heavy atom. The zero-order valence-corrected chi connectivity index (χ0v) is 10.0. The minimum atomic E-state index is 0.0799. The Morgan fingerprint density at radius 3 is 3.00 bits per heavy atom. The third kappa shape index (κ3) is 2.50. The standard InChI is InChI=1S/C12H15NO2S/c1-8-7-9(14)4-5-10(8)13-12(15)11-3-2-6-16-11/h4-5,7,11,14H,2-3,6H2,1H3,(H,13,15). The predicted octanol–water partition coefficient (Wildman–Crippen LogP) is 2.53. The van der Waals surface area contributed by atoms with Crippen molar-refractivity contribution in [1.82, 2.24) is 0 Å². The van der Waals surface area contributed by atoms with Gasteiger partial charge in [-0.3, -0.25) is 4.79 Å². The highest BCUT2D eigenvalue weighted by Crippen LogP contribution is 2.28. The molecule has 1 unspecified atom stereocenters. The van der Waals surface area contributed by atoms with E-state index in [0.29, 0.717) is 0 Å². The van der Waals surface area contributed by atoms with Crippen molar-refractivity contribution in [3.8, 4) is 5.75 Å². The number of phenols is 1. The molecule has 0 aromatic heterocycles. The van der Waals surface area contributed by atoms with Crippen molar-refractivity contribution >= 4 is 23.4 Å². The number of carbonyl (C=O) groups excluding carboxylic acids is 1. The maximum Gasteiger partial charge on any atom is 0.237 e. The van der Waals surface area contributed by atoms with Crippen molar-refractivity contribution in [3.05, 3.63) is 23.8 Å². The number of aromatic hydroxyl groups is 1. The molecule has 0 radical (unpaired) electrons. The average Bonchev–Trinajstić information content (AvgIpc) is 2.75. The van der Waals surface area contributed by atoms with Crippen LogP contribution in [-0.2, 0) is 4.79 Å². The van der Waals surface area contributed by atoms with Crippen LogP contribution in [0.2, 0.25) is 0 Å². The predicted molar refractivity (Wildman–Crippen MR) is 67.0 cm³/mol. The highest BCUT2D eigenvalue weighted by atomic mass is 32.2. The van der Waals surface area contributed by atoms with Gasteiger partial charge in [-0.2, -0.15) is 0 Å². The van der Waals surface area contributed by atoms with Crippen LogP contribution < -0.4 is 5.32 Å². The average molecular weight is 237 g/mol. The van der Waals surface area contributed by atoms with Crippen molar-refractivity contribution in [2.45, 2.75) is 25.0 Å². The van der Waals surface area contributed by atoms with Crippen molar-refractivity contribution in [3.63, 3.8) is 0 Å².